The lowest BCUT2D eigenvalue weighted by molar-refractivity contribution is -0.138. The number of benzene rings is 1. The number of halogens is 1. The second-order valence-electron chi connectivity index (χ2n) is 6.30. The van der Waals surface area contributed by atoms with Crippen LogP contribution in [0.4, 0.5) is 0 Å². The van der Waals surface area contributed by atoms with Gasteiger partial charge in [-0.25, -0.2) is 0 Å². The number of hydrogen-bond acceptors (Lipinski definition) is 3. The van der Waals surface area contributed by atoms with Gasteiger partial charge in [0.05, 0.1) is 11.5 Å². The zero-order valence-corrected chi connectivity index (χ0v) is 13.9. The number of amides is 2. The molecular formula is C17H21ClN2O3. The summed E-state index contributed by atoms with van der Waals surface area (Å²) in [5.41, 5.74) is 0.341. The molecule has 0 unspecified atom stereocenters. The first-order chi connectivity index (χ1) is 11.0. The largest absolute Gasteiger partial charge is 0.381 e. The summed E-state index contributed by atoms with van der Waals surface area (Å²) in [5.74, 6) is 0.0578. The first kappa shape index (κ1) is 16.3. The van der Waals surface area contributed by atoms with Crippen LogP contribution in [0.25, 0.3) is 0 Å². The van der Waals surface area contributed by atoms with Gasteiger partial charge in [0, 0.05) is 38.2 Å². The van der Waals surface area contributed by atoms with Crippen molar-refractivity contribution in [1.82, 2.24) is 10.2 Å². The molecule has 0 saturated carbocycles. The van der Waals surface area contributed by atoms with Crippen molar-refractivity contribution in [2.45, 2.75) is 31.2 Å². The van der Waals surface area contributed by atoms with Crippen molar-refractivity contribution in [3.05, 3.63) is 34.9 Å². The van der Waals surface area contributed by atoms with Gasteiger partial charge < -0.3 is 15.0 Å². The number of carbonyl (C=O) groups is 2. The van der Waals surface area contributed by atoms with E-state index in [-0.39, 0.29) is 17.9 Å². The summed E-state index contributed by atoms with van der Waals surface area (Å²) in [6.07, 6.45) is 1.28. The smallest absolute Gasteiger partial charge is 0.231 e. The SMILES string of the molecule is CC(=O)N1CC(NC(=O)C2(c3cccc(Cl)c3)CCOCC2)C1. The average Bonchev–Trinajstić information content (AvgIpc) is 2.50. The molecule has 0 spiro atoms. The summed E-state index contributed by atoms with van der Waals surface area (Å²) in [6, 6.07) is 7.55. The van der Waals surface area contributed by atoms with E-state index >= 15 is 0 Å². The van der Waals surface area contributed by atoms with E-state index in [0.717, 1.165) is 5.56 Å². The van der Waals surface area contributed by atoms with Gasteiger partial charge in [-0.05, 0) is 30.5 Å². The summed E-state index contributed by atoms with van der Waals surface area (Å²) in [7, 11) is 0. The maximum absolute atomic E-state index is 13.0. The van der Waals surface area contributed by atoms with Crippen LogP contribution in [0, 0.1) is 0 Å². The molecule has 1 aromatic carbocycles. The molecule has 3 rings (SSSR count). The standard InChI is InChI=1S/C17H21ClN2O3/c1-12(21)20-10-15(11-20)19-16(22)17(5-7-23-8-6-17)13-3-2-4-14(18)9-13/h2-4,9,15H,5-8,10-11H2,1H3,(H,19,22). The van der Waals surface area contributed by atoms with Gasteiger partial charge in [0.15, 0.2) is 0 Å². The van der Waals surface area contributed by atoms with E-state index in [4.69, 9.17) is 16.3 Å². The first-order valence-corrected chi connectivity index (χ1v) is 8.29. The Balaban J connectivity index is 1.76. The maximum Gasteiger partial charge on any atom is 0.231 e. The number of carbonyl (C=O) groups excluding carboxylic acids is 2. The van der Waals surface area contributed by atoms with E-state index in [0.29, 0.717) is 44.2 Å². The van der Waals surface area contributed by atoms with Crippen LogP contribution in [0.5, 0.6) is 0 Å². The number of nitrogens with zero attached hydrogens (tertiary/aromatic N) is 1. The highest BCUT2D eigenvalue weighted by molar-refractivity contribution is 6.30. The molecule has 0 bridgehead atoms. The Morgan fingerprint density at radius 3 is 2.61 bits per heavy atom. The molecule has 6 heteroatoms. The fourth-order valence-corrected chi connectivity index (χ4v) is 3.49. The molecule has 2 heterocycles. The number of nitrogens with one attached hydrogen (secondary N) is 1. The predicted octanol–water partition coefficient (Wildman–Crippen LogP) is 1.74. The van der Waals surface area contributed by atoms with Crippen molar-refractivity contribution in [1.29, 1.82) is 0 Å². The van der Waals surface area contributed by atoms with E-state index in [1.54, 1.807) is 11.8 Å². The molecular weight excluding hydrogens is 316 g/mol. The third kappa shape index (κ3) is 3.21. The van der Waals surface area contributed by atoms with Crippen LogP contribution in [-0.4, -0.2) is 49.1 Å². The Hall–Kier alpha value is -1.59. The quantitative estimate of drug-likeness (QED) is 0.914. The monoisotopic (exact) mass is 336 g/mol. The second-order valence-corrected chi connectivity index (χ2v) is 6.74. The molecule has 0 atom stereocenters. The van der Waals surface area contributed by atoms with Crippen LogP contribution in [0.1, 0.15) is 25.3 Å². The summed E-state index contributed by atoms with van der Waals surface area (Å²) >= 11 is 6.12. The minimum atomic E-state index is -0.597. The van der Waals surface area contributed by atoms with Crippen molar-refractivity contribution in [2.75, 3.05) is 26.3 Å². The fourth-order valence-electron chi connectivity index (χ4n) is 3.30. The van der Waals surface area contributed by atoms with Gasteiger partial charge in [-0.1, -0.05) is 23.7 Å². The Labute approximate surface area is 140 Å². The third-order valence-electron chi connectivity index (χ3n) is 4.82. The molecule has 0 aliphatic carbocycles. The van der Waals surface area contributed by atoms with E-state index in [1.165, 1.54) is 0 Å². The van der Waals surface area contributed by atoms with Gasteiger partial charge in [-0.2, -0.15) is 0 Å². The average molecular weight is 337 g/mol. The van der Waals surface area contributed by atoms with Crippen LogP contribution >= 0.6 is 11.6 Å². The summed E-state index contributed by atoms with van der Waals surface area (Å²) in [4.78, 5) is 26.0. The Bertz CT molecular complexity index is 608. The molecule has 124 valence electrons. The molecule has 1 aromatic rings. The number of hydrogen-bond donors (Lipinski definition) is 1. The Morgan fingerprint density at radius 1 is 1.30 bits per heavy atom. The van der Waals surface area contributed by atoms with Crippen LogP contribution in [-0.2, 0) is 19.7 Å². The van der Waals surface area contributed by atoms with Gasteiger partial charge >= 0.3 is 0 Å². The molecule has 1 N–H and O–H groups in total. The van der Waals surface area contributed by atoms with Crippen molar-refractivity contribution in [2.24, 2.45) is 0 Å². The Morgan fingerprint density at radius 2 is 2.00 bits per heavy atom. The van der Waals surface area contributed by atoms with E-state index in [9.17, 15) is 9.59 Å². The first-order valence-electron chi connectivity index (χ1n) is 7.91. The van der Waals surface area contributed by atoms with Crippen LogP contribution in [0.15, 0.2) is 24.3 Å². The van der Waals surface area contributed by atoms with Gasteiger partial charge in [-0.15, -0.1) is 0 Å². The topological polar surface area (TPSA) is 58.6 Å². The number of rotatable bonds is 3. The van der Waals surface area contributed by atoms with Gasteiger partial charge in [0.2, 0.25) is 11.8 Å². The molecule has 2 aliphatic rings. The lowest BCUT2D eigenvalue weighted by atomic mass is 9.73. The molecule has 2 saturated heterocycles. The minimum Gasteiger partial charge on any atom is -0.381 e. The van der Waals surface area contributed by atoms with E-state index in [2.05, 4.69) is 5.32 Å². The highest BCUT2D eigenvalue weighted by Crippen LogP contribution is 2.36. The number of likely N-dealkylation sites (tertiary alicyclic amines) is 1. The summed E-state index contributed by atoms with van der Waals surface area (Å²) < 4.78 is 5.45. The Kier molecular flexibility index (Phi) is 4.60. The predicted molar refractivity (Wildman–Crippen MR) is 87.4 cm³/mol. The van der Waals surface area contributed by atoms with Crippen molar-refractivity contribution in [3.8, 4) is 0 Å². The van der Waals surface area contributed by atoms with E-state index in [1.807, 2.05) is 24.3 Å². The fraction of sp³-hybridized carbons (Fsp3) is 0.529. The van der Waals surface area contributed by atoms with Crippen molar-refractivity contribution < 1.29 is 14.3 Å². The zero-order chi connectivity index (χ0) is 16.4. The van der Waals surface area contributed by atoms with Gasteiger partial charge in [0.1, 0.15) is 0 Å². The number of ether oxygens (including phenoxy) is 1. The van der Waals surface area contributed by atoms with Gasteiger partial charge in [0.25, 0.3) is 0 Å². The maximum atomic E-state index is 13.0. The lowest BCUT2D eigenvalue weighted by Crippen LogP contribution is -2.63. The van der Waals surface area contributed by atoms with Crippen LogP contribution in [0.2, 0.25) is 5.02 Å². The van der Waals surface area contributed by atoms with Crippen molar-refractivity contribution in [3.63, 3.8) is 0 Å². The van der Waals surface area contributed by atoms with Crippen molar-refractivity contribution >= 4 is 23.4 Å². The molecule has 2 aliphatic heterocycles. The summed E-state index contributed by atoms with van der Waals surface area (Å²) in [6.45, 7) is 3.84. The molecule has 0 radical (unpaired) electrons. The highest BCUT2D eigenvalue weighted by atomic mass is 35.5. The molecule has 2 fully saturated rings. The molecule has 0 aromatic heterocycles. The third-order valence-corrected chi connectivity index (χ3v) is 5.06. The molecule has 2 amide bonds. The zero-order valence-electron chi connectivity index (χ0n) is 13.2. The summed E-state index contributed by atoms with van der Waals surface area (Å²) in [5, 5.41) is 3.73. The molecule has 5 nitrogen and oxygen atoms in total. The normalized spacial score (nSPS) is 20.7. The highest BCUT2D eigenvalue weighted by Gasteiger charge is 2.43. The van der Waals surface area contributed by atoms with Crippen LogP contribution in [0.3, 0.4) is 0 Å². The minimum absolute atomic E-state index is 0.0104. The van der Waals surface area contributed by atoms with Crippen LogP contribution < -0.4 is 5.32 Å². The van der Waals surface area contributed by atoms with Gasteiger partial charge in [-0.3, -0.25) is 9.59 Å². The van der Waals surface area contributed by atoms with E-state index < -0.39 is 5.41 Å². The lowest BCUT2D eigenvalue weighted by Gasteiger charge is -2.42. The second kappa shape index (κ2) is 6.49. The molecule has 23 heavy (non-hydrogen) atoms.